The minimum absolute atomic E-state index is 0.0662. The highest BCUT2D eigenvalue weighted by Crippen LogP contribution is 2.34. The highest BCUT2D eigenvalue weighted by atomic mass is 19.4. The molecule has 120 valence electrons. The fraction of sp³-hybridized carbons (Fsp3) is 0.600. The van der Waals surface area contributed by atoms with E-state index >= 15 is 0 Å². The zero-order valence-electron chi connectivity index (χ0n) is 12.4. The van der Waals surface area contributed by atoms with E-state index in [1.807, 2.05) is 13.8 Å². The second-order valence-electron chi connectivity index (χ2n) is 5.03. The van der Waals surface area contributed by atoms with Crippen LogP contribution in [0.1, 0.15) is 37.4 Å². The Morgan fingerprint density at radius 2 is 1.95 bits per heavy atom. The molecule has 0 heterocycles. The summed E-state index contributed by atoms with van der Waals surface area (Å²) in [5.74, 6) is -1.18. The molecule has 0 saturated carbocycles. The van der Waals surface area contributed by atoms with Gasteiger partial charge in [-0.2, -0.15) is 13.2 Å². The van der Waals surface area contributed by atoms with Crippen LogP contribution in [-0.4, -0.2) is 20.3 Å². The summed E-state index contributed by atoms with van der Waals surface area (Å²) >= 11 is 0. The molecule has 0 aliphatic carbocycles. The molecule has 2 nitrogen and oxygen atoms in total. The topological polar surface area (TPSA) is 21.3 Å². The first-order chi connectivity index (χ1) is 9.81. The van der Waals surface area contributed by atoms with Gasteiger partial charge in [0.05, 0.1) is 5.56 Å². The Bertz CT molecular complexity index is 448. The molecule has 0 aliphatic rings. The van der Waals surface area contributed by atoms with E-state index in [0.29, 0.717) is 25.1 Å². The summed E-state index contributed by atoms with van der Waals surface area (Å²) in [6.45, 7) is 4.95. The summed E-state index contributed by atoms with van der Waals surface area (Å²) in [5.41, 5.74) is -0.781. The van der Waals surface area contributed by atoms with Gasteiger partial charge in [0.25, 0.3) is 0 Å². The lowest BCUT2D eigenvalue weighted by Crippen LogP contribution is -2.28. The van der Waals surface area contributed by atoms with Gasteiger partial charge in [-0.15, -0.1) is 0 Å². The Morgan fingerprint density at radius 3 is 2.48 bits per heavy atom. The highest BCUT2D eigenvalue weighted by molar-refractivity contribution is 5.30. The van der Waals surface area contributed by atoms with Crippen molar-refractivity contribution >= 4 is 0 Å². The van der Waals surface area contributed by atoms with Crippen molar-refractivity contribution in [2.24, 2.45) is 5.92 Å². The smallest absolute Gasteiger partial charge is 0.385 e. The molecule has 2 unspecified atom stereocenters. The SMILES string of the molecule is CCNC(c1ccc(F)c(C(F)(F)F)c1)C(C)CCOC. The third-order valence-electron chi connectivity index (χ3n) is 3.43. The Balaban J connectivity index is 3.08. The van der Waals surface area contributed by atoms with Crippen molar-refractivity contribution in [3.05, 3.63) is 35.1 Å². The first kappa shape index (κ1) is 17.9. The second-order valence-corrected chi connectivity index (χ2v) is 5.03. The van der Waals surface area contributed by atoms with Gasteiger partial charge in [0.2, 0.25) is 0 Å². The van der Waals surface area contributed by atoms with Crippen LogP contribution >= 0.6 is 0 Å². The number of halogens is 4. The van der Waals surface area contributed by atoms with E-state index < -0.39 is 17.6 Å². The van der Waals surface area contributed by atoms with Crippen molar-refractivity contribution in [2.75, 3.05) is 20.3 Å². The summed E-state index contributed by atoms with van der Waals surface area (Å²) < 4.78 is 56.8. The molecule has 21 heavy (non-hydrogen) atoms. The van der Waals surface area contributed by atoms with Crippen molar-refractivity contribution in [2.45, 2.75) is 32.5 Å². The van der Waals surface area contributed by atoms with E-state index in [1.54, 1.807) is 7.11 Å². The zero-order chi connectivity index (χ0) is 16.0. The highest BCUT2D eigenvalue weighted by Gasteiger charge is 2.35. The minimum Gasteiger partial charge on any atom is -0.385 e. The molecule has 0 aromatic heterocycles. The van der Waals surface area contributed by atoms with Crippen molar-refractivity contribution < 1.29 is 22.3 Å². The van der Waals surface area contributed by atoms with Gasteiger partial charge in [0.1, 0.15) is 5.82 Å². The minimum atomic E-state index is -4.69. The van der Waals surface area contributed by atoms with Crippen LogP contribution in [-0.2, 0) is 10.9 Å². The fourth-order valence-corrected chi connectivity index (χ4v) is 2.29. The van der Waals surface area contributed by atoms with Crippen molar-refractivity contribution in [3.63, 3.8) is 0 Å². The van der Waals surface area contributed by atoms with E-state index in [-0.39, 0.29) is 12.0 Å². The Labute approximate surface area is 122 Å². The predicted molar refractivity (Wildman–Crippen MR) is 73.5 cm³/mol. The van der Waals surface area contributed by atoms with Gasteiger partial charge in [0.15, 0.2) is 0 Å². The van der Waals surface area contributed by atoms with Crippen molar-refractivity contribution in [1.82, 2.24) is 5.32 Å². The number of rotatable bonds is 7. The van der Waals surface area contributed by atoms with Gasteiger partial charge in [-0.3, -0.25) is 0 Å². The van der Waals surface area contributed by atoms with E-state index in [9.17, 15) is 17.6 Å². The number of nitrogens with one attached hydrogen (secondary N) is 1. The quantitative estimate of drug-likeness (QED) is 0.764. The van der Waals surface area contributed by atoms with Gasteiger partial charge in [-0.1, -0.05) is 19.9 Å². The molecule has 1 rings (SSSR count). The molecule has 2 atom stereocenters. The predicted octanol–water partition coefficient (Wildman–Crippen LogP) is 4.17. The monoisotopic (exact) mass is 307 g/mol. The summed E-state index contributed by atoms with van der Waals surface area (Å²) in [6, 6.07) is 2.91. The van der Waals surface area contributed by atoms with Crippen LogP contribution in [0.5, 0.6) is 0 Å². The van der Waals surface area contributed by atoms with Crippen molar-refractivity contribution in [3.8, 4) is 0 Å². The number of benzene rings is 1. The van der Waals surface area contributed by atoms with Gasteiger partial charge < -0.3 is 10.1 Å². The third-order valence-corrected chi connectivity index (χ3v) is 3.43. The molecule has 1 aromatic rings. The summed E-state index contributed by atoms with van der Waals surface area (Å²) in [5, 5.41) is 3.16. The molecule has 0 spiro atoms. The first-order valence-electron chi connectivity index (χ1n) is 6.90. The lowest BCUT2D eigenvalue weighted by molar-refractivity contribution is -0.140. The molecule has 0 amide bonds. The van der Waals surface area contributed by atoms with Crippen LogP contribution in [0.4, 0.5) is 17.6 Å². The summed E-state index contributed by atoms with van der Waals surface area (Å²) in [4.78, 5) is 0. The van der Waals surface area contributed by atoms with Crippen LogP contribution in [0.25, 0.3) is 0 Å². The number of ether oxygens (including phenoxy) is 1. The first-order valence-corrected chi connectivity index (χ1v) is 6.90. The maximum absolute atomic E-state index is 13.4. The Morgan fingerprint density at radius 1 is 1.29 bits per heavy atom. The molecule has 6 heteroatoms. The van der Waals surface area contributed by atoms with Crippen LogP contribution in [0.2, 0.25) is 0 Å². The largest absolute Gasteiger partial charge is 0.419 e. The van der Waals surface area contributed by atoms with Crippen LogP contribution in [0, 0.1) is 11.7 Å². The summed E-state index contributed by atoms with van der Waals surface area (Å²) in [6.07, 6.45) is -3.99. The number of hydrogen-bond acceptors (Lipinski definition) is 2. The lowest BCUT2D eigenvalue weighted by Gasteiger charge is -2.26. The molecule has 0 aliphatic heterocycles. The van der Waals surface area contributed by atoms with Gasteiger partial charge >= 0.3 is 6.18 Å². The molecule has 0 saturated heterocycles. The maximum Gasteiger partial charge on any atom is 0.419 e. The Kier molecular flexibility index (Phi) is 6.61. The normalized spacial score (nSPS) is 15.0. The average molecular weight is 307 g/mol. The lowest BCUT2D eigenvalue weighted by atomic mass is 9.91. The second kappa shape index (κ2) is 7.75. The zero-order valence-corrected chi connectivity index (χ0v) is 12.4. The molecular formula is C15H21F4NO. The van der Waals surface area contributed by atoms with Gasteiger partial charge in [-0.05, 0) is 36.6 Å². The molecular weight excluding hydrogens is 286 g/mol. The number of hydrogen-bond donors (Lipinski definition) is 1. The van der Waals surface area contributed by atoms with E-state index in [4.69, 9.17) is 4.74 Å². The maximum atomic E-state index is 13.4. The molecule has 1 aromatic carbocycles. The summed E-state index contributed by atoms with van der Waals surface area (Å²) in [7, 11) is 1.58. The van der Waals surface area contributed by atoms with E-state index in [2.05, 4.69) is 5.32 Å². The molecule has 1 N–H and O–H groups in total. The van der Waals surface area contributed by atoms with Crippen LogP contribution in [0.3, 0.4) is 0 Å². The standard InChI is InChI=1S/C15H21F4NO/c1-4-20-14(10(2)7-8-21-3)11-5-6-13(16)12(9-11)15(17,18)19/h5-6,9-10,14,20H,4,7-8H2,1-3H3. The van der Waals surface area contributed by atoms with Crippen molar-refractivity contribution in [1.29, 1.82) is 0 Å². The molecule has 0 bridgehead atoms. The van der Waals surface area contributed by atoms with Crippen LogP contribution < -0.4 is 5.32 Å². The average Bonchev–Trinajstić information content (AvgIpc) is 2.41. The fourth-order valence-electron chi connectivity index (χ4n) is 2.29. The number of methoxy groups -OCH3 is 1. The van der Waals surface area contributed by atoms with Gasteiger partial charge in [-0.25, -0.2) is 4.39 Å². The number of alkyl halides is 3. The van der Waals surface area contributed by atoms with Crippen LogP contribution in [0.15, 0.2) is 18.2 Å². The Hall–Kier alpha value is -1.14. The molecule has 0 fully saturated rings. The third kappa shape index (κ3) is 4.97. The van der Waals surface area contributed by atoms with E-state index in [1.165, 1.54) is 6.07 Å². The van der Waals surface area contributed by atoms with Gasteiger partial charge in [0, 0.05) is 19.8 Å². The van der Waals surface area contributed by atoms with E-state index in [0.717, 1.165) is 12.1 Å². The molecule has 0 radical (unpaired) electrons.